The lowest BCUT2D eigenvalue weighted by atomic mass is 10.2. The Morgan fingerprint density at radius 2 is 2.16 bits per heavy atom. The van der Waals surface area contributed by atoms with E-state index in [1.807, 2.05) is 7.05 Å². The van der Waals surface area contributed by atoms with Crippen LogP contribution in [-0.4, -0.2) is 59.6 Å². The minimum absolute atomic E-state index is 0.163. The number of sulfone groups is 1. The van der Waals surface area contributed by atoms with Crippen LogP contribution >= 0.6 is 0 Å². The molecule has 1 aliphatic heterocycles. The quantitative estimate of drug-likeness (QED) is 0.843. The zero-order chi connectivity index (χ0) is 13.5. The molecule has 1 saturated carbocycles. The highest BCUT2D eigenvalue weighted by Gasteiger charge is 2.31. The number of aromatic amines is 1. The van der Waals surface area contributed by atoms with Gasteiger partial charge in [0.2, 0.25) is 0 Å². The van der Waals surface area contributed by atoms with E-state index in [2.05, 4.69) is 20.1 Å². The van der Waals surface area contributed by atoms with Gasteiger partial charge in [-0.3, -0.25) is 5.10 Å². The zero-order valence-corrected chi connectivity index (χ0v) is 12.0. The number of rotatable bonds is 5. The first-order valence-electron chi connectivity index (χ1n) is 6.85. The third-order valence-corrected chi connectivity index (χ3v) is 5.77. The Morgan fingerprint density at radius 3 is 2.79 bits per heavy atom. The fourth-order valence-electron chi connectivity index (χ4n) is 2.53. The van der Waals surface area contributed by atoms with Crippen LogP contribution in [-0.2, 0) is 16.3 Å². The highest BCUT2D eigenvalue weighted by Crippen LogP contribution is 2.37. The van der Waals surface area contributed by atoms with Gasteiger partial charge in [-0.15, -0.1) is 0 Å². The molecule has 1 unspecified atom stereocenters. The lowest BCUT2D eigenvalue weighted by molar-refractivity contribution is 0.264. The summed E-state index contributed by atoms with van der Waals surface area (Å²) in [6.45, 7) is 0.819. The van der Waals surface area contributed by atoms with Crippen molar-refractivity contribution in [1.29, 1.82) is 0 Å². The number of likely N-dealkylation sites (N-methyl/N-ethyl adjacent to an activating group) is 1. The summed E-state index contributed by atoms with van der Waals surface area (Å²) in [7, 11) is -0.810. The highest BCUT2D eigenvalue weighted by atomic mass is 32.2. The second kappa shape index (κ2) is 4.86. The van der Waals surface area contributed by atoms with Gasteiger partial charge in [0.25, 0.3) is 0 Å². The SMILES string of the molecule is CN(CCc1nc(C2CC2)n[nH]1)C1CCS(=O)(=O)C1. The summed E-state index contributed by atoms with van der Waals surface area (Å²) in [4.78, 5) is 6.62. The van der Waals surface area contributed by atoms with Crippen molar-refractivity contribution < 1.29 is 8.42 Å². The lowest BCUT2D eigenvalue weighted by Crippen LogP contribution is -2.34. The van der Waals surface area contributed by atoms with Gasteiger partial charge in [0, 0.05) is 24.9 Å². The average Bonchev–Trinajstić information content (AvgIpc) is 2.99. The van der Waals surface area contributed by atoms with Crippen molar-refractivity contribution in [2.24, 2.45) is 0 Å². The maximum Gasteiger partial charge on any atom is 0.153 e. The maximum absolute atomic E-state index is 11.4. The van der Waals surface area contributed by atoms with E-state index in [0.717, 1.165) is 31.0 Å². The van der Waals surface area contributed by atoms with E-state index in [1.165, 1.54) is 12.8 Å². The van der Waals surface area contributed by atoms with E-state index >= 15 is 0 Å². The van der Waals surface area contributed by atoms with E-state index in [4.69, 9.17) is 0 Å². The fraction of sp³-hybridized carbons (Fsp3) is 0.833. The van der Waals surface area contributed by atoms with Crippen molar-refractivity contribution in [3.8, 4) is 0 Å². The largest absolute Gasteiger partial charge is 0.302 e. The van der Waals surface area contributed by atoms with Crippen LogP contribution in [0.5, 0.6) is 0 Å². The average molecular weight is 284 g/mol. The molecule has 2 heterocycles. The zero-order valence-electron chi connectivity index (χ0n) is 11.2. The Morgan fingerprint density at radius 1 is 1.37 bits per heavy atom. The molecule has 2 aliphatic rings. The summed E-state index contributed by atoms with van der Waals surface area (Å²) in [5.41, 5.74) is 0. The molecule has 1 aliphatic carbocycles. The normalized spacial score (nSPS) is 26.1. The number of nitrogens with one attached hydrogen (secondary N) is 1. The predicted molar refractivity (Wildman–Crippen MR) is 71.8 cm³/mol. The molecule has 7 heteroatoms. The molecule has 19 heavy (non-hydrogen) atoms. The van der Waals surface area contributed by atoms with E-state index in [1.54, 1.807) is 0 Å². The van der Waals surface area contributed by atoms with Gasteiger partial charge >= 0.3 is 0 Å². The van der Waals surface area contributed by atoms with Crippen molar-refractivity contribution in [2.75, 3.05) is 25.1 Å². The Hall–Kier alpha value is -0.950. The first kappa shape index (κ1) is 13.1. The van der Waals surface area contributed by atoms with Crippen LogP contribution in [0.15, 0.2) is 0 Å². The first-order chi connectivity index (χ1) is 9.03. The third-order valence-electron chi connectivity index (χ3n) is 4.02. The van der Waals surface area contributed by atoms with Gasteiger partial charge in [-0.1, -0.05) is 0 Å². The molecule has 1 aromatic heterocycles. The van der Waals surface area contributed by atoms with Gasteiger partial charge in [-0.05, 0) is 26.3 Å². The molecule has 1 aromatic rings. The molecule has 1 N–H and O–H groups in total. The van der Waals surface area contributed by atoms with E-state index < -0.39 is 9.84 Å². The topological polar surface area (TPSA) is 79.0 Å². The second-order valence-corrected chi connectivity index (χ2v) is 7.93. The molecule has 0 aromatic carbocycles. The molecule has 106 valence electrons. The molecule has 6 nitrogen and oxygen atoms in total. The smallest absolute Gasteiger partial charge is 0.153 e. The van der Waals surface area contributed by atoms with Crippen molar-refractivity contribution in [3.63, 3.8) is 0 Å². The van der Waals surface area contributed by atoms with Gasteiger partial charge in [-0.2, -0.15) is 5.10 Å². The molecule has 0 radical (unpaired) electrons. The molecule has 0 bridgehead atoms. The molecule has 1 atom stereocenters. The maximum atomic E-state index is 11.4. The van der Waals surface area contributed by atoms with Gasteiger partial charge < -0.3 is 4.90 Å². The summed E-state index contributed by atoms with van der Waals surface area (Å²) >= 11 is 0. The van der Waals surface area contributed by atoms with Gasteiger partial charge in [0.1, 0.15) is 5.82 Å². The van der Waals surface area contributed by atoms with Crippen molar-refractivity contribution in [2.45, 2.75) is 37.6 Å². The van der Waals surface area contributed by atoms with E-state index in [9.17, 15) is 8.42 Å². The standard InChI is InChI=1S/C12H20N4O2S/c1-16(10-5-7-19(17,18)8-10)6-4-11-13-12(15-14-11)9-2-3-9/h9-10H,2-8H2,1H3,(H,13,14,15). The van der Waals surface area contributed by atoms with Crippen LogP contribution in [0, 0.1) is 0 Å². The summed E-state index contributed by atoms with van der Waals surface area (Å²) < 4.78 is 22.9. The van der Waals surface area contributed by atoms with Crippen LogP contribution in [0.4, 0.5) is 0 Å². The minimum atomic E-state index is -2.80. The van der Waals surface area contributed by atoms with Crippen LogP contribution in [0.3, 0.4) is 0 Å². The summed E-state index contributed by atoms with van der Waals surface area (Å²) in [6, 6.07) is 0.163. The molecule has 1 saturated heterocycles. The predicted octanol–water partition coefficient (Wildman–Crippen LogP) is 0.344. The molecule has 0 spiro atoms. The molecule has 3 rings (SSSR count). The third kappa shape index (κ3) is 3.14. The fourth-order valence-corrected chi connectivity index (χ4v) is 4.34. The second-order valence-electron chi connectivity index (χ2n) is 5.70. The lowest BCUT2D eigenvalue weighted by Gasteiger charge is -2.22. The van der Waals surface area contributed by atoms with Gasteiger partial charge in [0.15, 0.2) is 15.7 Å². The van der Waals surface area contributed by atoms with Gasteiger partial charge in [-0.25, -0.2) is 13.4 Å². The number of hydrogen-bond donors (Lipinski definition) is 1. The van der Waals surface area contributed by atoms with Crippen LogP contribution in [0.25, 0.3) is 0 Å². The van der Waals surface area contributed by atoms with Crippen molar-refractivity contribution in [3.05, 3.63) is 11.6 Å². The number of hydrogen-bond acceptors (Lipinski definition) is 5. The number of aromatic nitrogens is 3. The monoisotopic (exact) mass is 284 g/mol. The summed E-state index contributed by atoms with van der Waals surface area (Å²) in [5, 5.41) is 7.21. The molecule has 2 fully saturated rings. The number of nitrogens with zero attached hydrogens (tertiary/aromatic N) is 3. The van der Waals surface area contributed by atoms with Gasteiger partial charge in [0.05, 0.1) is 11.5 Å². The Bertz CT molecular complexity index is 550. The van der Waals surface area contributed by atoms with Crippen LogP contribution in [0.1, 0.15) is 36.8 Å². The summed E-state index contributed by atoms with van der Waals surface area (Å²) in [6.07, 6.45) is 3.96. The molecular weight excluding hydrogens is 264 g/mol. The molecular formula is C12H20N4O2S. The summed E-state index contributed by atoms with van der Waals surface area (Å²) in [5.74, 6) is 3.06. The Kier molecular flexibility index (Phi) is 3.34. The Balaban J connectivity index is 1.51. The number of H-pyrrole nitrogens is 1. The molecule has 0 amide bonds. The van der Waals surface area contributed by atoms with Crippen LogP contribution < -0.4 is 0 Å². The first-order valence-corrected chi connectivity index (χ1v) is 8.67. The van der Waals surface area contributed by atoms with Crippen molar-refractivity contribution >= 4 is 9.84 Å². The van der Waals surface area contributed by atoms with Crippen LogP contribution in [0.2, 0.25) is 0 Å². The van der Waals surface area contributed by atoms with E-state index in [-0.39, 0.29) is 6.04 Å². The minimum Gasteiger partial charge on any atom is -0.302 e. The Labute approximate surface area is 113 Å². The van der Waals surface area contributed by atoms with E-state index in [0.29, 0.717) is 17.4 Å². The van der Waals surface area contributed by atoms with Crippen molar-refractivity contribution in [1.82, 2.24) is 20.1 Å². The highest BCUT2D eigenvalue weighted by molar-refractivity contribution is 7.91.